The van der Waals surface area contributed by atoms with Crippen LogP contribution in [0.4, 0.5) is 0 Å². The van der Waals surface area contributed by atoms with Gasteiger partial charge in [0.2, 0.25) is 0 Å². The molecule has 2 aromatic rings. The van der Waals surface area contributed by atoms with E-state index >= 15 is 0 Å². The van der Waals surface area contributed by atoms with Gasteiger partial charge in [0.15, 0.2) is 0 Å². The summed E-state index contributed by atoms with van der Waals surface area (Å²) in [5, 5.41) is 0. The van der Waals surface area contributed by atoms with E-state index in [2.05, 4.69) is 35.9 Å². The van der Waals surface area contributed by atoms with Crippen molar-refractivity contribution in [2.24, 2.45) is 11.8 Å². The molecule has 22 heavy (non-hydrogen) atoms. The zero-order chi connectivity index (χ0) is 15.6. The Labute approximate surface area is 135 Å². The van der Waals surface area contributed by atoms with Gasteiger partial charge in [-0.2, -0.15) is 0 Å². The largest absolute Gasteiger partial charge is 0.264 e. The van der Waals surface area contributed by atoms with Gasteiger partial charge in [-0.05, 0) is 73.6 Å². The second-order valence-electron chi connectivity index (χ2n) is 6.51. The molecule has 0 atom stereocenters. The molecular weight excluding hydrogens is 268 g/mol. The minimum atomic E-state index is 0.766. The average molecular weight is 296 g/mol. The van der Waals surface area contributed by atoms with Gasteiger partial charge in [-0.1, -0.05) is 26.0 Å². The van der Waals surface area contributed by atoms with Gasteiger partial charge in [0.1, 0.15) is 0 Å². The molecule has 2 nitrogen and oxygen atoms in total. The molecule has 0 bridgehead atoms. The first-order chi connectivity index (χ1) is 10.8. The Morgan fingerprint density at radius 1 is 0.818 bits per heavy atom. The van der Waals surface area contributed by atoms with Crippen LogP contribution in [0.25, 0.3) is 0 Å². The Kier molecular flexibility index (Phi) is 7.08. The molecule has 118 valence electrons. The maximum Gasteiger partial charge on any atom is 0.0299 e. The van der Waals surface area contributed by atoms with Crippen LogP contribution in [0, 0.1) is 11.8 Å². The Bertz CT molecular complexity index is 462. The van der Waals surface area contributed by atoms with E-state index in [4.69, 9.17) is 0 Å². The second kappa shape index (κ2) is 9.34. The molecule has 2 aromatic heterocycles. The normalized spacial score (nSPS) is 11.3. The van der Waals surface area contributed by atoms with Crippen molar-refractivity contribution in [2.45, 2.75) is 52.4 Å². The highest BCUT2D eigenvalue weighted by molar-refractivity contribution is 5.09. The summed E-state index contributed by atoms with van der Waals surface area (Å²) in [6.45, 7) is 4.72. The van der Waals surface area contributed by atoms with E-state index in [1.165, 1.54) is 36.8 Å². The fourth-order valence-electron chi connectivity index (χ4n) is 3.04. The zero-order valence-electron chi connectivity index (χ0n) is 13.9. The molecule has 2 rings (SSSR count). The molecule has 0 aliphatic rings. The number of hydrogen-bond acceptors (Lipinski definition) is 2. The van der Waals surface area contributed by atoms with Gasteiger partial charge < -0.3 is 0 Å². The molecule has 0 aliphatic heterocycles. The predicted octanol–water partition coefficient (Wildman–Crippen LogP) is 5.09. The lowest BCUT2D eigenvalue weighted by Gasteiger charge is -2.20. The Hall–Kier alpha value is -1.70. The first-order valence-electron chi connectivity index (χ1n) is 8.53. The summed E-state index contributed by atoms with van der Waals surface area (Å²) in [6.07, 6.45) is 15.2. The van der Waals surface area contributed by atoms with Crippen molar-refractivity contribution in [2.75, 3.05) is 0 Å². The number of rotatable bonds is 9. The number of hydrogen-bond donors (Lipinski definition) is 0. The molecule has 0 saturated heterocycles. The Balaban J connectivity index is 1.70. The lowest BCUT2D eigenvalue weighted by Crippen LogP contribution is -2.10. The summed E-state index contributed by atoms with van der Waals surface area (Å²) >= 11 is 0. The summed E-state index contributed by atoms with van der Waals surface area (Å²) in [7, 11) is 0. The fraction of sp³-hybridized carbons (Fsp3) is 0.500. The van der Waals surface area contributed by atoms with E-state index in [1.54, 1.807) is 0 Å². The maximum atomic E-state index is 4.19. The molecule has 0 N–H and O–H groups in total. The Morgan fingerprint density at radius 2 is 1.32 bits per heavy atom. The minimum Gasteiger partial charge on any atom is -0.264 e. The van der Waals surface area contributed by atoms with Crippen molar-refractivity contribution in [1.29, 1.82) is 0 Å². The number of aromatic nitrogens is 2. The van der Waals surface area contributed by atoms with Gasteiger partial charge in [-0.25, -0.2) is 0 Å². The van der Waals surface area contributed by atoms with E-state index in [1.807, 2.05) is 36.9 Å². The molecule has 0 spiro atoms. The molecule has 2 heterocycles. The first-order valence-corrected chi connectivity index (χ1v) is 8.53. The van der Waals surface area contributed by atoms with Crippen LogP contribution in [0.1, 0.15) is 50.7 Å². The van der Waals surface area contributed by atoms with Crippen LogP contribution in [0.15, 0.2) is 49.1 Å². The number of nitrogens with zero attached hydrogens (tertiary/aromatic N) is 2. The number of aryl methyl sites for hydroxylation is 2. The highest BCUT2D eigenvalue weighted by Gasteiger charge is 2.13. The highest BCUT2D eigenvalue weighted by atomic mass is 14.6. The molecule has 0 aromatic carbocycles. The molecule has 2 heteroatoms. The van der Waals surface area contributed by atoms with Crippen molar-refractivity contribution in [3.63, 3.8) is 0 Å². The van der Waals surface area contributed by atoms with E-state index in [9.17, 15) is 0 Å². The smallest absolute Gasteiger partial charge is 0.0299 e. The fourth-order valence-corrected chi connectivity index (χ4v) is 3.04. The summed E-state index contributed by atoms with van der Waals surface area (Å²) < 4.78 is 0. The summed E-state index contributed by atoms with van der Waals surface area (Å²) in [5.74, 6) is 1.59. The predicted molar refractivity (Wildman–Crippen MR) is 92.7 cm³/mol. The van der Waals surface area contributed by atoms with Gasteiger partial charge in [0, 0.05) is 24.8 Å². The third-order valence-electron chi connectivity index (χ3n) is 4.47. The van der Waals surface area contributed by atoms with Crippen LogP contribution >= 0.6 is 0 Å². The monoisotopic (exact) mass is 296 g/mol. The molecule has 0 unspecified atom stereocenters. The van der Waals surface area contributed by atoms with Crippen LogP contribution in [-0.4, -0.2) is 9.97 Å². The maximum absolute atomic E-state index is 4.19. The highest BCUT2D eigenvalue weighted by Crippen LogP contribution is 2.24. The minimum absolute atomic E-state index is 0.766. The van der Waals surface area contributed by atoms with Gasteiger partial charge >= 0.3 is 0 Å². The standard InChI is InChI=1S/C20H28N2/c1-17(2)20(11-3-7-18-9-5-13-21-15-18)12-4-8-19-10-6-14-22-16-19/h5-6,9-10,13-17,20H,3-4,7-8,11-12H2,1-2H3. The van der Waals surface area contributed by atoms with Crippen molar-refractivity contribution in [1.82, 2.24) is 9.97 Å². The van der Waals surface area contributed by atoms with Crippen molar-refractivity contribution in [3.8, 4) is 0 Å². The van der Waals surface area contributed by atoms with Crippen LogP contribution in [-0.2, 0) is 12.8 Å². The SMILES string of the molecule is CC(C)C(CCCc1cccnc1)CCCc1cccnc1. The van der Waals surface area contributed by atoms with Gasteiger partial charge in [-0.3, -0.25) is 9.97 Å². The van der Waals surface area contributed by atoms with Gasteiger partial charge in [-0.15, -0.1) is 0 Å². The molecule has 0 radical (unpaired) electrons. The van der Waals surface area contributed by atoms with E-state index in [0.29, 0.717) is 0 Å². The zero-order valence-corrected chi connectivity index (χ0v) is 13.9. The molecule has 0 saturated carbocycles. The van der Waals surface area contributed by atoms with Gasteiger partial charge in [0.25, 0.3) is 0 Å². The molecule has 0 fully saturated rings. The van der Waals surface area contributed by atoms with E-state index in [0.717, 1.165) is 24.7 Å². The van der Waals surface area contributed by atoms with Crippen LogP contribution in [0.2, 0.25) is 0 Å². The topological polar surface area (TPSA) is 25.8 Å². The first kappa shape index (κ1) is 16.7. The van der Waals surface area contributed by atoms with Crippen LogP contribution in [0.5, 0.6) is 0 Å². The van der Waals surface area contributed by atoms with Crippen molar-refractivity contribution < 1.29 is 0 Å². The number of pyridine rings is 2. The van der Waals surface area contributed by atoms with Gasteiger partial charge in [0.05, 0.1) is 0 Å². The lowest BCUT2D eigenvalue weighted by atomic mass is 9.85. The molecule has 0 aliphatic carbocycles. The van der Waals surface area contributed by atoms with Crippen molar-refractivity contribution in [3.05, 3.63) is 60.2 Å². The van der Waals surface area contributed by atoms with Crippen molar-refractivity contribution >= 4 is 0 Å². The summed E-state index contributed by atoms with van der Waals surface area (Å²) in [6, 6.07) is 8.42. The van der Waals surface area contributed by atoms with E-state index in [-0.39, 0.29) is 0 Å². The lowest BCUT2D eigenvalue weighted by molar-refractivity contribution is 0.322. The van der Waals surface area contributed by atoms with Crippen LogP contribution < -0.4 is 0 Å². The molecule has 0 amide bonds. The molecular formula is C20H28N2. The summed E-state index contributed by atoms with van der Waals surface area (Å²) in [5.41, 5.74) is 2.72. The third-order valence-corrected chi connectivity index (χ3v) is 4.47. The average Bonchev–Trinajstić information content (AvgIpc) is 2.55. The third kappa shape index (κ3) is 5.97. The Morgan fingerprint density at radius 3 is 1.68 bits per heavy atom. The van der Waals surface area contributed by atoms with E-state index < -0.39 is 0 Å². The second-order valence-corrected chi connectivity index (χ2v) is 6.51. The quantitative estimate of drug-likeness (QED) is 0.644. The van der Waals surface area contributed by atoms with Crippen LogP contribution in [0.3, 0.4) is 0 Å². The summed E-state index contributed by atoms with van der Waals surface area (Å²) in [4.78, 5) is 8.39.